The van der Waals surface area contributed by atoms with Crippen molar-refractivity contribution >= 4 is 22.9 Å². The second-order valence-electron chi connectivity index (χ2n) is 4.73. The highest BCUT2D eigenvalue weighted by Crippen LogP contribution is 2.21. The lowest BCUT2D eigenvalue weighted by Crippen LogP contribution is -2.26. The molecule has 1 aromatic heterocycles. The molecular formula is C14H17N3O3. The molecule has 6 heteroatoms. The van der Waals surface area contributed by atoms with Crippen molar-refractivity contribution in [1.82, 2.24) is 14.5 Å². The van der Waals surface area contributed by atoms with Crippen molar-refractivity contribution in [2.75, 3.05) is 14.1 Å². The molecule has 0 saturated carbocycles. The van der Waals surface area contributed by atoms with Gasteiger partial charge in [0.25, 0.3) is 0 Å². The molecular weight excluding hydrogens is 258 g/mol. The summed E-state index contributed by atoms with van der Waals surface area (Å²) in [6.45, 7) is 2.09. The number of benzene rings is 1. The fraction of sp³-hybridized carbons (Fsp3) is 0.357. The minimum atomic E-state index is -1.01. The third-order valence-electron chi connectivity index (χ3n) is 3.20. The van der Waals surface area contributed by atoms with Gasteiger partial charge in [0, 0.05) is 20.5 Å². The van der Waals surface area contributed by atoms with Crippen LogP contribution in [0.5, 0.6) is 0 Å². The SMILES string of the molecule is CCc1nc2c(C(=O)O)cccc2n1CC(=O)N(C)C. The van der Waals surface area contributed by atoms with Gasteiger partial charge in [-0.3, -0.25) is 4.79 Å². The summed E-state index contributed by atoms with van der Waals surface area (Å²) in [4.78, 5) is 29.0. The smallest absolute Gasteiger partial charge is 0.337 e. The number of carboxylic acid groups (broad SMARTS) is 1. The zero-order chi connectivity index (χ0) is 14.9. The van der Waals surface area contributed by atoms with Gasteiger partial charge in [0.1, 0.15) is 17.9 Å². The van der Waals surface area contributed by atoms with E-state index in [9.17, 15) is 14.7 Å². The van der Waals surface area contributed by atoms with Crippen molar-refractivity contribution in [3.8, 4) is 0 Å². The monoisotopic (exact) mass is 275 g/mol. The number of nitrogens with zero attached hydrogens (tertiary/aromatic N) is 3. The lowest BCUT2D eigenvalue weighted by molar-refractivity contribution is -0.129. The lowest BCUT2D eigenvalue weighted by Gasteiger charge is -2.13. The number of aromatic carboxylic acids is 1. The number of carbonyl (C=O) groups is 2. The Kier molecular flexibility index (Phi) is 3.74. The summed E-state index contributed by atoms with van der Waals surface area (Å²) in [5.41, 5.74) is 1.27. The van der Waals surface area contributed by atoms with Gasteiger partial charge < -0.3 is 14.6 Å². The van der Waals surface area contributed by atoms with Crippen molar-refractivity contribution in [3.05, 3.63) is 29.6 Å². The third-order valence-corrected chi connectivity index (χ3v) is 3.20. The summed E-state index contributed by atoms with van der Waals surface area (Å²) in [7, 11) is 3.38. The molecule has 1 aromatic carbocycles. The van der Waals surface area contributed by atoms with Crippen LogP contribution in [0.4, 0.5) is 0 Å². The minimum absolute atomic E-state index is 0.0558. The number of carboxylic acids is 1. The van der Waals surface area contributed by atoms with E-state index in [-0.39, 0.29) is 18.0 Å². The van der Waals surface area contributed by atoms with E-state index in [1.165, 1.54) is 11.0 Å². The van der Waals surface area contributed by atoms with Gasteiger partial charge in [0.05, 0.1) is 11.1 Å². The molecule has 1 heterocycles. The number of likely N-dealkylation sites (N-methyl/N-ethyl adjacent to an activating group) is 1. The maximum absolute atomic E-state index is 11.9. The predicted molar refractivity (Wildman–Crippen MR) is 74.8 cm³/mol. The van der Waals surface area contributed by atoms with Crippen LogP contribution in [0.2, 0.25) is 0 Å². The molecule has 0 aliphatic rings. The Hall–Kier alpha value is -2.37. The van der Waals surface area contributed by atoms with Gasteiger partial charge in [-0.2, -0.15) is 0 Å². The fourth-order valence-electron chi connectivity index (χ4n) is 2.09. The normalized spacial score (nSPS) is 10.8. The number of imidazole rings is 1. The molecule has 0 atom stereocenters. The molecule has 0 aliphatic carbocycles. The number of aromatic nitrogens is 2. The maximum atomic E-state index is 11.9. The summed E-state index contributed by atoms with van der Waals surface area (Å²) < 4.78 is 1.78. The van der Waals surface area contributed by atoms with Gasteiger partial charge in [0.15, 0.2) is 0 Å². The Morgan fingerprint density at radius 3 is 2.60 bits per heavy atom. The van der Waals surface area contributed by atoms with E-state index < -0.39 is 5.97 Å². The van der Waals surface area contributed by atoms with E-state index in [1.54, 1.807) is 30.8 Å². The van der Waals surface area contributed by atoms with Crippen LogP contribution in [0.25, 0.3) is 11.0 Å². The highest BCUT2D eigenvalue weighted by molar-refractivity contribution is 6.01. The lowest BCUT2D eigenvalue weighted by atomic mass is 10.2. The maximum Gasteiger partial charge on any atom is 0.337 e. The molecule has 0 fully saturated rings. The quantitative estimate of drug-likeness (QED) is 0.914. The highest BCUT2D eigenvalue weighted by atomic mass is 16.4. The first-order chi connectivity index (χ1) is 9.45. The van der Waals surface area contributed by atoms with Crippen molar-refractivity contribution in [2.24, 2.45) is 0 Å². The number of fused-ring (bicyclic) bond motifs is 1. The van der Waals surface area contributed by atoms with E-state index in [0.717, 1.165) is 0 Å². The number of para-hydroxylation sites is 1. The van der Waals surface area contributed by atoms with E-state index >= 15 is 0 Å². The second kappa shape index (κ2) is 5.32. The predicted octanol–water partition coefficient (Wildman–Crippen LogP) is 1.39. The van der Waals surface area contributed by atoms with Crippen molar-refractivity contribution in [1.29, 1.82) is 0 Å². The summed E-state index contributed by atoms with van der Waals surface area (Å²) in [5.74, 6) is -0.356. The van der Waals surface area contributed by atoms with Crippen LogP contribution in [0.15, 0.2) is 18.2 Å². The van der Waals surface area contributed by atoms with Crippen LogP contribution in [-0.4, -0.2) is 45.5 Å². The highest BCUT2D eigenvalue weighted by Gasteiger charge is 2.18. The molecule has 106 valence electrons. The topological polar surface area (TPSA) is 75.4 Å². The average molecular weight is 275 g/mol. The Morgan fingerprint density at radius 2 is 2.05 bits per heavy atom. The molecule has 1 amide bonds. The van der Waals surface area contributed by atoms with Crippen LogP contribution in [0.3, 0.4) is 0 Å². The molecule has 2 rings (SSSR count). The molecule has 0 unspecified atom stereocenters. The van der Waals surface area contributed by atoms with Gasteiger partial charge in [-0.05, 0) is 12.1 Å². The number of amides is 1. The van der Waals surface area contributed by atoms with E-state index in [0.29, 0.717) is 23.3 Å². The Morgan fingerprint density at radius 1 is 1.35 bits per heavy atom. The van der Waals surface area contributed by atoms with Crippen molar-refractivity contribution < 1.29 is 14.7 Å². The number of carbonyl (C=O) groups excluding carboxylic acids is 1. The largest absolute Gasteiger partial charge is 0.478 e. The zero-order valence-electron chi connectivity index (χ0n) is 11.8. The van der Waals surface area contributed by atoms with Crippen LogP contribution in [-0.2, 0) is 17.8 Å². The molecule has 0 aliphatic heterocycles. The Labute approximate surface area is 116 Å². The Balaban J connectivity index is 2.61. The third kappa shape index (κ3) is 2.36. The summed E-state index contributed by atoms with van der Waals surface area (Å²) in [6.07, 6.45) is 0.633. The molecule has 6 nitrogen and oxygen atoms in total. The molecule has 0 radical (unpaired) electrons. The number of hydrogen-bond donors (Lipinski definition) is 1. The average Bonchev–Trinajstić information content (AvgIpc) is 2.76. The van der Waals surface area contributed by atoms with E-state index in [1.807, 2.05) is 6.92 Å². The number of aryl methyl sites for hydroxylation is 1. The van der Waals surface area contributed by atoms with Crippen LogP contribution >= 0.6 is 0 Å². The molecule has 20 heavy (non-hydrogen) atoms. The minimum Gasteiger partial charge on any atom is -0.478 e. The van der Waals surface area contributed by atoms with Crippen LogP contribution in [0, 0.1) is 0 Å². The summed E-state index contributed by atoms with van der Waals surface area (Å²) in [5, 5.41) is 9.20. The zero-order valence-corrected chi connectivity index (χ0v) is 11.8. The first-order valence-corrected chi connectivity index (χ1v) is 6.37. The number of hydrogen-bond acceptors (Lipinski definition) is 3. The van der Waals surface area contributed by atoms with Gasteiger partial charge in [-0.1, -0.05) is 13.0 Å². The Bertz CT molecular complexity index is 674. The molecule has 2 aromatic rings. The first-order valence-electron chi connectivity index (χ1n) is 6.37. The summed E-state index contributed by atoms with van der Waals surface area (Å²) >= 11 is 0. The first kappa shape index (κ1) is 14.0. The molecule has 0 saturated heterocycles. The molecule has 1 N–H and O–H groups in total. The van der Waals surface area contributed by atoms with Gasteiger partial charge >= 0.3 is 5.97 Å². The summed E-state index contributed by atoms with van der Waals surface area (Å²) in [6, 6.07) is 4.98. The van der Waals surface area contributed by atoms with Crippen LogP contribution < -0.4 is 0 Å². The fourth-order valence-corrected chi connectivity index (χ4v) is 2.09. The van der Waals surface area contributed by atoms with Crippen LogP contribution in [0.1, 0.15) is 23.1 Å². The van der Waals surface area contributed by atoms with E-state index in [4.69, 9.17) is 0 Å². The number of rotatable bonds is 4. The second-order valence-corrected chi connectivity index (χ2v) is 4.73. The van der Waals surface area contributed by atoms with Crippen molar-refractivity contribution in [3.63, 3.8) is 0 Å². The van der Waals surface area contributed by atoms with Crippen molar-refractivity contribution in [2.45, 2.75) is 19.9 Å². The van der Waals surface area contributed by atoms with Gasteiger partial charge in [-0.25, -0.2) is 9.78 Å². The molecule has 0 spiro atoms. The molecule has 0 bridgehead atoms. The van der Waals surface area contributed by atoms with E-state index in [2.05, 4.69) is 4.98 Å². The van der Waals surface area contributed by atoms with Gasteiger partial charge in [-0.15, -0.1) is 0 Å². The standard InChI is InChI=1S/C14H17N3O3/c1-4-11-15-13-9(14(19)20)6-5-7-10(13)17(11)8-12(18)16(2)3/h5-7H,4,8H2,1-3H3,(H,19,20). The van der Waals surface area contributed by atoms with Gasteiger partial charge in [0.2, 0.25) is 5.91 Å².